The van der Waals surface area contributed by atoms with Gasteiger partial charge in [0, 0.05) is 6.07 Å². The Hall–Kier alpha value is -3.86. The average molecular weight is 372 g/mol. The first-order valence-electron chi connectivity index (χ1n) is 8.68. The van der Waals surface area contributed by atoms with Crippen LogP contribution >= 0.6 is 0 Å². The van der Waals surface area contributed by atoms with Crippen LogP contribution in [-0.2, 0) is 6.61 Å². The van der Waals surface area contributed by atoms with Crippen LogP contribution in [0.1, 0.15) is 15.9 Å². The summed E-state index contributed by atoms with van der Waals surface area (Å²) in [5.41, 5.74) is 2.74. The lowest BCUT2D eigenvalue weighted by atomic mass is 10.1. The van der Waals surface area contributed by atoms with Crippen LogP contribution in [0, 0.1) is 0 Å². The largest absolute Gasteiger partial charge is 0.489 e. The Kier molecular flexibility index (Phi) is 4.64. The van der Waals surface area contributed by atoms with Gasteiger partial charge in [-0.1, -0.05) is 42.5 Å². The molecule has 0 aliphatic carbocycles. The Morgan fingerprint density at radius 3 is 2.43 bits per heavy atom. The average Bonchev–Trinajstić information content (AvgIpc) is 2.73. The fraction of sp³-hybridized carbons (Fsp3) is 0.0435. The minimum Gasteiger partial charge on any atom is -0.489 e. The second-order valence-electron chi connectivity index (χ2n) is 6.29. The lowest BCUT2D eigenvalue weighted by Gasteiger charge is -2.08. The van der Waals surface area contributed by atoms with Crippen molar-refractivity contribution in [2.24, 2.45) is 0 Å². The molecule has 0 spiro atoms. The van der Waals surface area contributed by atoms with Crippen LogP contribution in [0.15, 0.2) is 88.3 Å². The molecule has 0 amide bonds. The van der Waals surface area contributed by atoms with E-state index in [0.29, 0.717) is 22.3 Å². The normalized spacial score (nSPS) is 10.7. The zero-order valence-electron chi connectivity index (χ0n) is 14.8. The molecule has 0 saturated carbocycles. The molecule has 5 nitrogen and oxygen atoms in total. The SMILES string of the molecule is O=C(O)c1ccc(COc2ccc3c(=O)c(-c4ccccc4)coc3c2)cc1. The molecule has 4 aromatic rings. The molecule has 0 unspecified atom stereocenters. The predicted octanol–water partition coefficient (Wildman–Crippen LogP) is 4.74. The van der Waals surface area contributed by atoms with Crippen LogP contribution in [0.25, 0.3) is 22.1 Å². The summed E-state index contributed by atoms with van der Waals surface area (Å²) in [4.78, 5) is 23.6. The highest BCUT2D eigenvalue weighted by molar-refractivity contribution is 5.87. The van der Waals surface area contributed by atoms with Gasteiger partial charge < -0.3 is 14.3 Å². The first-order chi connectivity index (χ1) is 13.6. The third-order valence-corrected chi connectivity index (χ3v) is 4.44. The fourth-order valence-electron chi connectivity index (χ4n) is 2.93. The van der Waals surface area contributed by atoms with Gasteiger partial charge >= 0.3 is 5.97 Å². The maximum Gasteiger partial charge on any atom is 0.335 e. The van der Waals surface area contributed by atoms with Gasteiger partial charge in [-0.2, -0.15) is 0 Å². The van der Waals surface area contributed by atoms with Crippen LogP contribution in [0.2, 0.25) is 0 Å². The monoisotopic (exact) mass is 372 g/mol. The molecular formula is C23H16O5. The van der Waals surface area contributed by atoms with Gasteiger partial charge in [-0.25, -0.2) is 4.79 Å². The van der Waals surface area contributed by atoms with Gasteiger partial charge in [0.05, 0.1) is 16.5 Å². The van der Waals surface area contributed by atoms with E-state index < -0.39 is 5.97 Å². The van der Waals surface area contributed by atoms with Crippen molar-refractivity contribution in [2.45, 2.75) is 6.61 Å². The Labute approximate surface area is 160 Å². The molecule has 1 aromatic heterocycles. The first-order valence-corrected chi connectivity index (χ1v) is 8.68. The number of rotatable bonds is 5. The molecule has 3 aromatic carbocycles. The topological polar surface area (TPSA) is 76.7 Å². The first kappa shape index (κ1) is 17.5. The minimum atomic E-state index is -0.966. The van der Waals surface area contributed by atoms with E-state index in [2.05, 4.69) is 0 Å². The van der Waals surface area contributed by atoms with Gasteiger partial charge in [-0.3, -0.25) is 4.79 Å². The number of benzene rings is 3. The van der Waals surface area contributed by atoms with Crippen LogP contribution in [0.3, 0.4) is 0 Å². The molecule has 1 heterocycles. The highest BCUT2D eigenvalue weighted by Gasteiger charge is 2.10. The number of ether oxygens (including phenoxy) is 1. The van der Waals surface area contributed by atoms with E-state index >= 15 is 0 Å². The van der Waals surface area contributed by atoms with E-state index in [1.165, 1.54) is 18.4 Å². The van der Waals surface area contributed by atoms with Crippen molar-refractivity contribution in [1.29, 1.82) is 0 Å². The molecule has 0 aliphatic heterocycles. The molecule has 0 atom stereocenters. The third-order valence-electron chi connectivity index (χ3n) is 4.44. The molecule has 1 N–H and O–H groups in total. The lowest BCUT2D eigenvalue weighted by Crippen LogP contribution is -2.05. The maximum absolute atomic E-state index is 12.8. The van der Waals surface area contributed by atoms with Crippen molar-refractivity contribution in [1.82, 2.24) is 0 Å². The molecule has 138 valence electrons. The second-order valence-corrected chi connectivity index (χ2v) is 6.29. The Balaban J connectivity index is 1.56. The molecule has 0 aliphatic rings. The standard InChI is InChI=1S/C23H16O5/c24-22-19-11-10-18(27-13-15-6-8-17(9-7-15)23(25)26)12-21(19)28-14-20(22)16-4-2-1-3-5-16/h1-12,14H,13H2,(H,25,26). The molecule has 0 radical (unpaired) electrons. The van der Waals surface area contributed by atoms with Crippen LogP contribution in [-0.4, -0.2) is 11.1 Å². The number of carboxylic acid groups (broad SMARTS) is 1. The molecule has 0 saturated heterocycles. The zero-order chi connectivity index (χ0) is 19.5. The number of carbonyl (C=O) groups is 1. The van der Waals surface area contributed by atoms with Crippen molar-refractivity contribution in [3.05, 3.63) is 100 Å². The molecular weight excluding hydrogens is 356 g/mol. The van der Waals surface area contributed by atoms with E-state index in [1.54, 1.807) is 30.3 Å². The zero-order valence-corrected chi connectivity index (χ0v) is 14.8. The summed E-state index contributed by atoms with van der Waals surface area (Å²) in [7, 11) is 0. The van der Waals surface area contributed by atoms with Crippen molar-refractivity contribution in [2.75, 3.05) is 0 Å². The number of aromatic carboxylic acids is 1. The van der Waals surface area contributed by atoms with Crippen LogP contribution in [0.5, 0.6) is 5.75 Å². The molecule has 0 bridgehead atoms. The van der Waals surface area contributed by atoms with Gasteiger partial charge in [-0.05, 0) is 35.4 Å². The molecule has 4 rings (SSSR count). The smallest absolute Gasteiger partial charge is 0.335 e. The Morgan fingerprint density at radius 2 is 1.71 bits per heavy atom. The van der Waals surface area contributed by atoms with E-state index in [1.807, 2.05) is 30.3 Å². The molecule has 0 fully saturated rings. The Morgan fingerprint density at radius 1 is 0.964 bits per heavy atom. The van der Waals surface area contributed by atoms with Crippen molar-refractivity contribution in [3.8, 4) is 16.9 Å². The van der Waals surface area contributed by atoms with Gasteiger partial charge in [0.15, 0.2) is 5.43 Å². The van der Waals surface area contributed by atoms with Crippen LogP contribution < -0.4 is 10.2 Å². The number of hydrogen-bond acceptors (Lipinski definition) is 4. The van der Waals surface area contributed by atoms with Crippen molar-refractivity contribution < 1.29 is 19.1 Å². The quantitative estimate of drug-likeness (QED) is 0.548. The van der Waals surface area contributed by atoms with E-state index in [0.717, 1.165) is 11.1 Å². The summed E-state index contributed by atoms with van der Waals surface area (Å²) >= 11 is 0. The van der Waals surface area contributed by atoms with Crippen molar-refractivity contribution in [3.63, 3.8) is 0 Å². The summed E-state index contributed by atoms with van der Waals surface area (Å²) in [5, 5.41) is 9.42. The van der Waals surface area contributed by atoms with Gasteiger partial charge in [0.25, 0.3) is 0 Å². The Bertz CT molecular complexity index is 1190. The van der Waals surface area contributed by atoms with E-state index in [-0.39, 0.29) is 17.6 Å². The predicted molar refractivity (Wildman–Crippen MR) is 106 cm³/mol. The number of carboxylic acids is 1. The molecule has 28 heavy (non-hydrogen) atoms. The summed E-state index contributed by atoms with van der Waals surface area (Å²) in [6, 6.07) is 20.9. The van der Waals surface area contributed by atoms with Gasteiger partial charge in [0.2, 0.25) is 0 Å². The third kappa shape index (κ3) is 3.50. The highest BCUT2D eigenvalue weighted by atomic mass is 16.5. The number of fused-ring (bicyclic) bond motifs is 1. The highest BCUT2D eigenvalue weighted by Crippen LogP contribution is 2.23. The van der Waals surface area contributed by atoms with Gasteiger partial charge in [-0.15, -0.1) is 0 Å². The maximum atomic E-state index is 12.8. The molecule has 5 heteroatoms. The summed E-state index contributed by atoms with van der Waals surface area (Å²) < 4.78 is 11.4. The van der Waals surface area contributed by atoms with E-state index in [4.69, 9.17) is 14.3 Å². The number of hydrogen-bond donors (Lipinski definition) is 1. The lowest BCUT2D eigenvalue weighted by molar-refractivity contribution is 0.0697. The second kappa shape index (κ2) is 7.40. The summed E-state index contributed by atoms with van der Waals surface area (Å²) in [6.07, 6.45) is 1.47. The summed E-state index contributed by atoms with van der Waals surface area (Å²) in [5.74, 6) is -0.405. The van der Waals surface area contributed by atoms with E-state index in [9.17, 15) is 9.59 Å². The van der Waals surface area contributed by atoms with Crippen molar-refractivity contribution >= 4 is 16.9 Å². The van der Waals surface area contributed by atoms with Crippen LogP contribution in [0.4, 0.5) is 0 Å². The summed E-state index contributed by atoms with van der Waals surface area (Å²) in [6.45, 7) is 0.276. The fourth-order valence-corrected chi connectivity index (χ4v) is 2.93. The van der Waals surface area contributed by atoms with Gasteiger partial charge in [0.1, 0.15) is 24.2 Å². The minimum absolute atomic E-state index is 0.0942.